The van der Waals surface area contributed by atoms with Gasteiger partial charge in [0.25, 0.3) is 0 Å². The van der Waals surface area contributed by atoms with E-state index in [-0.39, 0.29) is 0 Å². The van der Waals surface area contributed by atoms with Crippen LogP contribution in [0, 0.1) is 0 Å². The van der Waals surface area contributed by atoms with E-state index in [0.29, 0.717) is 13.2 Å². The number of hydrogen-bond acceptors (Lipinski definition) is 3. The fraction of sp³-hybridized carbons (Fsp3) is 0.294. The molecule has 20 heavy (non-hydrogen) atoms. The third-order valence-corrected chi connectivity index (χ3v) is 3.47. The average Bonchev–Trinajstić information content (AvgIpc) is 2.68. The summed E-state index contributed by atoms with van der Waals surface area (Å²) in [5, 5.41) is 10.1. The van der Waals surface area contributed by atoms with Crippen LogP contribution in [0.3, 0.4) is 0 Å². The van der Waals surface area contributed by atoms with Crippen LogP contribution >= 0.6 is 0 Å². The van der Waals surface area contributed by atoms with Crippen molar-refractivity contribution in [2.45, 2.75) is 25.6 Å². The average molecular weight is 270 g/mol. The molecule has 104 valence electrons. The van der Waals surface area contributed by atoms with Gasteiger partial charge in [-0.25, -0.2) is 0 Å². The van der Waals surface area contributed by atoms with Crippen molar-refractivity contribution in [3.8, 4) is 11.5 Å². The minimum Gasteiger partial charge on any atom is -0.493 e. The Balaban J connectivity index is 1.75. The van der Waals surface area contributed by atoms with Crippen LogP contribution in [0.2, 0.25) is 0 Å². The first-order valence-corrected chi connectivity index (χ1v) is 6.94. The number of benzene rings is 2. The molecule has 1 atom stereocenters. The van der Waals surface area contributed by atoms with Crippen LogP contribution in [-0.2, 0) is 6.61 Å². The molecule has 1 N–H and O–H groups in total. The molecule has 0 aromatic heterocycles. The van der Waals surface area contributed by atoms with Crippen molar-refractivity contribution >= 4 is 0 Å². The molecule has 0 radical (unpaired) electrons. The summed E-state index contributed by atoms with van der Waals surface area (Å²) < 4.78 is 11.4. The van der Waals surface area contributed by atoms with Crippen molar-refractivity contribution in [1.82, 2.24) is 0 Å². The van der Waals surface area contributed by atoms with Crippen molar-refractivity contribution < 1.29 is 14.6 Å². The lowest BCUT2D eigenvalue weighted by Crippen LogP contribution is -1.99. The summed E-state index contributed by atoms with van der Waals surface area (Å²) in [4.78, 5) is 0. The van der Waals surface area contributed by atoms with Crippen LogP contribution in [0.4, 0.5) is 0 Å². The highest BCUT2D eigenvalue weighted by atomic mass is 16.5. The van der Waals surface area contributed by atoms with Crippen molar-refractivity contribution in [2.24, 2.45) is 0 Å². The zero-order valence-electron chi connectivity index (χ0n) is 11.3. The summed E-state index contributed by atoms with van der Waals surface area (Å²) in [6, 6.07) is 15.7. The smallest absolute Gasteiger partial charge is 0.125 e. The van der Waals surface area contributed by atoms with Crippen molar-refractivity contribution in [2.75, 3.05) is 6.61 Å². The van der Waals surface area contributed by atoms with E-state index in [0.717, 1.165) is 35.5 Å². The van der Waals surface area contributed by atoms with E-state index < -0.39 is 6.10 Å². The van der Waals surface area contributed by atoms with Gasteiger partial charge in [0.2, 0.25) is 0 Å². The van der Waals surface area contributed by atoms with Gasteiger partial charge in [-0.15, -0.1) is 0 Å². The maximum atomic E-state index is 10.1. The minimum atomic E-state index is -0.465. The SMILES string of the molecule is O[C@H]1CCCOc2ccc(OCc3ccccc3)cc21. The van der Waals surface area contributed by atoms with Crippen molar-refractivity contribution in [3.63, 3.8) is 0 Å². The van der Waals surface area contributed by atoms with Gasteiger partial charge in [-0.05, 0) is 36.6 Å². The van der Waals surface area contributed by atoms with Gasteiger partial charge in [0, 0.05) is 5.56 Å². The first-order valence-electron chi connectivity index (χ1n) is 6.94. The Morgan fingerprint density at radius 3 is 2.85 bits per heavy atom. The third-order valence-electron chi connectivity index (χ3n) is 3.47. The van der Waals surface area contributed by atoms with E-state index >= 15 is 0 Å². The first kappa shape index (κ1) is 13.0. The van der Waals surface area contributed by atoms with Gasteiger partial charge in [0.15, 0.2) is 0 Å². The summed E-state index contributed by atoms with van der Waals surface area (Å²) in [6.07, 6.45) is 1.14. The normalized spacial score (nSPS) is 17.8. The van der Waals surface area contributed by atoms with Gasteiger partial charge < -0.3 is 14.6 Å². The molecule has 0 aliphatic carbocycles. The Kier molecular flexibility index (Phi) is 3.88. The van der Waals surface area contributed by atoms with Gasteiger partial charge >= 0.3 is 0 Å². The maximum Gasteiger partial charge on any atom is 0.125 e. The fourth-order valence-corrected chi connectivity index (χ4v) is 2.36. The molecular weight excluding hydrogens is 252 g/mol. The first-order chi connectivity index (χ1) is 9.83. The fourth-order valence-electron chi connectivity index (χ4n) is 2.36. The van der Waals surface area contributed by atoms with Gasteiger partial charge in [0.05, 0.1) is 12.7 Å². The molecule has 0 fully saturated rings. The van der Waals surface area contributed by atoms with E-state index in [1.807, 2.05) is 48.5 Å². The van der Waals surface area contributed by atoms with Gasteiger partial charge in [-0.1, -0.05) is 30.3 Å². The Bertz CT molecular complexity index is 566. The second-order valence-electron chi connectivity index (χ2n) is 4.98. The molecule has 3 nitrogen and oxygen atoms in total. The van der Waals surface area contributed by atoms with E-state index in [1.54, 1.807) is 0 Å². The van der Waals surface area contributed by atoms with E-state index in [2.05, 4.69) is 0 Å². The predicted molar refractivity (Wildman–Crippen MR) is 76.9 cm³/mol. The van der Waals surface area contributed by atoms with Crippen LogP contribution in [-0.4, -0.2) is 11.7 Å². The lowest BCUT2D eigenvalue weighted by Gasteiger charge is -2.13. The molecule has 0 saturated heterocycles. The lowest BCUT2D eigenvalue weighted by molar-refractivity contribution is 0.167. The van der Waals surface area contributed by atoms with Gasteiger partial charge in [-0.2, -0.15) is 0 Å². The zero-order valence-corrected chi connectivity index (χ0v) is 11.3. The number of aliphatic hydroxyl groups excluding tert-OH is 1. The summed E-state index contributed by atoms with van der Waals surface area (Å²) in [6.45, 7) is 1.19. The molecule has 2 aromatic carbocycles. The molecule has 0 spiro atoms. The molecule has 1 aliphatic heterocycles. The monoisotopic (exact) mass is 270 g/mol. The second kappa shape index (κ2) is 5.97. The molecule has 0 unspecified atom stereocenters. The quantitative estimate of drug-likeness (QED) is 0.928. The van der Waals surface area contributed by atoms with Crippen molar-refractivity contribution in [1.29, 1.82) is 0 Å². The highest BCUT2D eigenvalue weighted by molar-refractivity contribution is 5.42. The van der Waals surface area contributed by atoms with Crippen LogP contribution in [0.15, 0.2) is 48.5 Å². The van der Waals surface area contributed by atoms with E-state index in [9.17, 15) is 5.11 Å². The topological polar surface area (TPSA) is 38.7 Å². The summed E-state index contributed by atoms with van der Waals surface area (Å²) in [7, 11) is 0. The van der Waals surface area contributed by atoms with Crippen LogP contribution in [0.5, 0.6) is 11.5 Å². The van der Waals surface area contributed by atoms with Crippen LogP contribution in [0.1, 0.15) is 30.1 Å². The Labute approximate surface area is 118 Å². The summed E-state index contributed by atoms with van der Waals surface area (Å²) in [5.41, 5.74) is 1.95. The molecule has 3 rings (SSSR count). The highest BCUT2D eigenvalue weighted by Crippen LogP contribution is 2.34. The zero-order chi connectivity index (χ0) is 13.8. The van der Waals surface area contributed by atoms with Crippen LogP contribution < -0.4 is 9.47 Å². The van der Waals surface area contributed by atoms with E-state index in [1.165, 1.54) is 0 Å². The Morgan fingerprint density at radius 1 is 1.15 bits per heavy atom. The number of ether oxygens (including phenoxy) is 2. The number of hydrogen-bond donors (Lipinski definition) is 1. The number of rotatable bonds is 3. The summed E-state index contributed by atoms with van der Waals surface area (Å²) >= 11 is 0. The summed E-state index contributed by atoms with van der Waals surface area (Å²) in [5.74, 6) is 1.53. The standard InChI is InChI=1S/C17H18O3/c18-16-7-4-10-19-17-9-8-14(11-15(16)17)20-12-13-5-2-1-3-6-13/h1-3,5-6,8-9,11,16,18H,4,7,10,12H2/t16-/m0/s1. The molecular formula is C17H18O3. The molecule has 0 bridgehead atoms. The Morgan fingerprint density at radius 2 is 2.00 bits per heavy atom. The van der Waals surface area contributed by atoms with Crippen LogP contribution in [0.25, 0.3) is 0 Å². The van der Waals surface area contributed by atoms with Gasteiger partial charge in [-0.3, -0.25) is 0 Å². The molecule has 0 saturated carbocycles. The molecule has 3 heteroatoms. The Hall–Kier alpha value is -2.00. The molecule has 2 aromatic rings. The largest absolute Gasteiger partial charge is 0.493 e. The second-order valence-corrected chi connectivity index (χ2v) is 4.98. The maximum absolute atomic E-state index is 10.1. The molecule has 0 amide bonds. The number of fused-ring (bicyclic) bond motifs is 1. The van der Waals surface area contributed by atoms with E-state index in [4.69, 9.17) is 9.47 Å². The van der Waals surface area contributed by atoms with Gasteiger partial charge in [0.1, 0.15) is 18.1 Å². The molecule has 1 heterocycles. The lowest BCUT2D eigenvalue weighted by atomic mass is 10.0. The third kappa shape index (κ3) is 2.94. The number of aliphatic hydroxyl groups is 1. The molecule has 1 aliphatic rings. The predicted octanol–water partition coefficient (Wildman–Crippen LogP) is 3.47. The minimum absolute atomic E-state index is 0.465. The highest BCUT2D eigenvalue weighted by Gasteiger charge is 2.18. The van der Waals surface area contributed by atoms with Crippen molar-refractivity contribution in [3.05, 3.63) is 59.7 Å².